The zero-order valence-corrected chi connectivity index (χ0v) is 14.7. The third-order valence-corrected chi connectivity index (χ3v) is 3.60. The number of rotatable bonds is 2. The molecule has 0 bridgehead atoms. The minimum atomic E-state index is -5.34. The van der Waals surface area contributed by atoms with Crippen molar-refractivity contribution in [1.29, 1.82) is 15.8 Å². The smallest absolute Gasteiger partial charge is 0.434 e. The largest absolute Gasteiger partial charge is 0.573 e. The van der Waals surface area contributed by atoms with E-state index in [-0.39, 0.29) is 5.57 Å². The van der Waals surface area contributed by atoms with Crippen LogP contribution in [0.4, 0.5) is 37.7 Å². The number of halogens is 6. The van der Waals surface area contributed by atoms with Gasteiger partial charge in [-0.25, -0.2) is 0 Å². The highest BCUT2D eigenvalue weighted by atomic mass is 19.4. The van der Waals surface area contributed by atoms with Crippen molar-refractivity contribution in [2.45, 2.75) is 19.6 Å². The van der Waals surface area contributed by atoms with E-state index in [0.29, 0.717) is 0 Å². The second kappa shape index (κ2) is 7.11. The maximum Gasteiger partial charge on any atom is 0.573 e. The standard InChI is InChI=1S/C16H5F6N5O4/c1-5(2-23)13-26-7-9(28-13)12(31-16(20,21)22)8-10(11(7)30-15(17,18)19)29-14(27-8)6(3-24)4-25/h26-27H,1H3/b13-5-. The topological polar surface area (TPSA) is 132 Å². The van der Waals surface area contributed by atoms with E-state index < -0.39 is 64.4 Å². The maximum atomic E-state index is 13.0. The lowest BCUT2D eigenvalue weighted by Crippen LogP contribution is -2.19. The van der Waals surface area contributed by atoms with Crippen LogP contribution in [0.1, 0.15) is 6.92 Å². The molecule has 0 aromatic heterocycles. The third kappa shape index (κ3) is 4.00. The molecule has 160 valence electrons. The molecule has 0 spiro atoms. The van der Waals surface area contributed by atoms with Gasteiger partial charge in [-0.05, 0) is 6.92 Å². The first-order valence-electron chi connectivity index (χ1n) is 7.69. The van der Waals surface area contributed by atoms with Crippen LogP contribution in [0.5, 0.6) is 23.0 Å². The molecule has 2 aliphatic heterocycles. The van der Waals surface area contributed by atoms with E-state index in [9.17, 15) is 26.3 Å². The summed E-state index contributed by atoms with van der Waals surface area (Å²) < 4.78 is 95.9. The molecule has 15 heteroatoms. The Hall–Kier alpha value is -4.45. The minimum Gasteiger partial charge on any atom is -0.434 e. The van der Waals surface area contributed by atoms with Gasteiger partial charge in [0.15, 0.2) is 5.57 Å². The SMILES string of the molecule is C/C(C#N)=C1\Nc2c(c(OC(F)(F)F)c3c(c2OC(F)(F)F)OC(=C(C#N)C#N)N3)O1. The summed E-state index contributed by atoms with van der Waals surface area (Å²) in [5, 5.41) is 31.1. The molecule has 0 atom stereocenters. The molecule has 0 fully saturated rings. The van der Waals surface area contributed by atoms with Gasteiger partial charge >= 0.3 is 12.7 Å². The Labute approximate surface area is 167 Å². The number of hydrogen-bond acceptors (Lipinski definition) is 9. The summed E-state index contributed by atoms with van der Waals surface area (Å²) in [6, 6.07) is 4.34. The first kappa shape index (κ1) is 21.3. The molecule has 0 saturated heterocycles. The molecule has 0 saturated carbocycles. The Morgan fingerprint density at radius 2 is 1.19 bits per heavy atom. The summed E-state index contributed by atoms with van der Waals surface area (Å²) in [6.07, 6.45) is -10.7. The molecular weight excluding hydrogens is 440 g/mol. The van der Waals surface area contributed by atoms with Gasteiger partial charge in [-0.3, -0.25) is 0 Å². The van der Waals surface area contributed by atoms with Gasteiger partial charge in [-0.2, -0.15) is 15.8 Å². The van der Waals surface area contributed by atoms with Crippen LogP contribution < -0.4 is 29.6 Å². The van der Waals surface area contributed by atoms with Crippen molar-refractivity contribution in [3.05, 3.63) is 22.9 Å². The van der Waals surface area contributed by atoms with E-state index in [0.717, 1.165) is 0 Å². The van der Waals surface area contributed by atoms with Gasteiger partial charge in [-0.15, -0.1) is 26.3 Å². The number of allylic oxidation sites excluding steroid dienone is 2. The van der Waals surface area contributed by atoms with Gasteiger partial charge in [0.05, 0.1) is 11.6 Å². The predicted molar refractivity (Wildman–Crippen MR) is 84.9 cm³/mol. The lowest BCUT2D eigenvalue weighted by atomic mass is 10.2. The molecule has 0 aliphatic carbocycles. The van der Waals surface area contributed by atoms with Crippen molar-refractivity contribution in [2.75, 3.05) is 10.6 Å². The average molecular weight is 445 g/mol. The molecule has 3 rings (SSSR count). The monoisotopic (exact) mass is 445 g/mol. The summed E-state index contributed by atoms with van der Waals surface area (Å²) in [7, 11) is 0. The van der Waals surface area contributed by atoms with Crippen molar-refractivity contribution in [3.8, 4) is 41.2 Å². The van der Waals surface area contributed by atoms with Crippen LogP contribution in [0.3, 0.4) is 0 Å². The molecule has 2 heterocycles. The van der Waals surface area contributed by atoms with Gasteiger partial charge < -0.3 is 29.6 Å². The highest BCUT2D eigenvalue weighted by Crippen LogP contribution is 2.62. The Balaban J connectivity index is 2.33. The summed E-state index contributed by atoms with van der Waals surface area (Å²) in [5.74, 6) is -5.50. The van der Waals surface area contributed by atoms with Crippen LogP contribution in [0.2, 0.25) is 0 Å². The van der Waals surface area contributed by atoms with E-state index in [1.54, 1.807) is 6.07 Å². The summed E-state index contributed by atoms with van der Waals surface area (Å²) in [4.78, 5) is 0. The van der Waals surface area contributed by atoms with E-state index >= 15 is 0 Å². The Morgan fingerprint density at radius 3 is 1.58 bits per heavy atom. The van der Waals surface area contributed by atoms with E-state index in [2.05, 4.69) is 20.1 Å². The zero-order chi connectivity index (χ0) is 23.1. The normalized spacial score (nSPS) is 15.5. The fraction of sp³-hybridized carbons (Fsp3) is 0.188. The van der Waals surface area contributed by atoms with Gasteiger partial charge in [0.2, 0.25) is 34.8 Å². The van der Waals surface area contributed by atoms with Crippen molar-refractivity contribution in [2.24, 2.45) is 0 Å². The number of hydrogen-bond donors (Lipinski definition) is 2. The van der Waals surface area contributed by atoms with Crippen LogP contribution in [0.25, 0.3) is 0 Å². The summed E-state index contributed by atoms with van der Waals surface area (Å²) in [6.45, 7) is 1.18. The van der Waals surface area contributed by atoms with Crippen LogP contribution >= 0.6 is 0 Å². The molecule has 0 radical (unpaired) electrons. The molecular formula is C16H5F6N5O4. The number of ether oxygens (including phenoxy) is 4. The molecule has 9 nitrogen and oxygen atoms in total. The van der Waals surface area contributed by atoms with E-state index in [1.807, 2.05) is 0 Å². The second-order valence-electron chi connectivity index (χ2n) is 5.61. The highest BCUT2D eigenvalue weighted by Gasteiger charge is 2.46. The average Bonchev–Trinajstić information content (AvgIpc) is 3.28. The van der Waals surface area contributed by atoms with Crippen molar-refractivity contribution in [1.82, 2.24) is 0 Å². The molecule has 2 N–H and O–H groups in total. The first-order valence-corrected chi connectivity index (χ1v) is 7.69. The predicted octanol–water partition coefficient (Wildman–Crippen LogP) is 4.11. The molecule has 0 amide bonds. The Kier molecular flexibility index (Phi) is 4.87. The van der Waals surface area contributed by atoms with Gasteiger partial charge in [0.25, 0.3) is 0 Å². The second-order valence-corrected chi connectivity index (χ2v) is 5.61. The first-order chi connectivity index (χ1) is 14.4. The van der Waals surface area contributed by atoms with Gasteiger partial charge in [0.1, 0.15) is 23.5 Å². The van der Waals surface area contributed by atoms with Crippen LogP contribution in [0, 0.1) is 34.0 Å². The zero-order valence-electron chi connectivity index (χ0n) is 14.7. The number of nitrogens with zero attached hydrogens (tertiary/aromatic N) is 3. The Bertz CT molecular complexity index is 1090. The number of benzene rings is 1. The molecule has 1 aromatic rings. The summed E-state index contributed by atoms with van der Waals surface area (Å²) in [5.41, 5.74) is -2.66. The maximum absolute atomic E-state index is 13.0. The van der Waals surface area contributed by atoms with Crippen molar-refractivity contribution >= 4 is 11.4 Å². The quantitative estimate of drug-likeness (QED) is 0.510. The fourth-order valence-corrected chi connectivity index (χ4v) is 2.45. The fourth-order valence-electron chi connectivity index (χ4n) is 2.45. The molecule has 1 aromatic carbocycles. The summed E-state index contributed by atoms with van der Waals surface area (Å²) >= 11 is 0. The molecule has 31 heavy (non-hydrogen) atoms. The number of alkyl halides is 6. The van der Waals surface area contributed by atoms with Gasteiger partial charge in [-0.1, -0.05) is 0 Å². The minimum absolute atomic E-state index is 0.224. The van der Waals surface area contributed by atoms with Crippen LogP contribution in [-0.2, 0) is 0 Å². The number of nitriles is 3. The van der Waals surface area contributed by atoms with Crippen molar-refractivity contribution in [3.63, 3.8) is 0 Å². The van der Waals surface area contributed by atoms with Gasteiger partial charge in [0, 0.05) is 0 Å². The number of fused-ring (bicyclic) bond motifs is 2. The van der Waals surface area contributed by atoms with Crippen molar-refractivity contribution < 1.29 is 45.3 Å². The third-order valence-electron chi connectivity index (χ3n) is 3.60. The lowest BCUT2D eigenvalue weighted by molar-refractivity contribution is -0.276. The Morgan fingerprint density at radius 1 is 0.774 bits per heavy atom. The molecule has 2 aliphatic rings. The van der Waals surface area contributed by atoms with Crippen LogP contribution in [-0.4, -0.2) is 12.7 Å². The number of anilines is 2. The highest BCUT2D eigenvalue weighted by molar-refractivity contribution is 5.92. The molecule has 0 unspecified atom stereocenters. The van der Waals surface area contributed by atoms with E-state index in [1.165, 1.54) is 19.1 Å². The van der Waals surface area contributed by atoms with E-state index in [4.69, 9.17) is 25.3 Å². The lowest BCUT2D eigenvalue weighted by Gasteiger charge is -2.17. The number of nitrogens with one attached hydrogen (secondary N) is 2. The van der Waals surface area contributed by atoms with Crippen LogP contribution in [0.15, 0.2) is 22.9 Å².